The van der Waals surface area contributed by atoms with Gasteiger partial charge in [0.2, 0.25) is 0 Å². The molecular formula is C11H16N4O. The Morgan fingerprint density at radius 2 is 2.19 bits per heavy atom. The lowest BCUT2D eigenvalue weighted by molar-refractivity contribution is 0.177. The van der Waals surface area contributed by atoms with Crippen LogP contribution in [0.2, 0.25) is 0 Å². The molecule has 1 aromatic rings. The third-order valence-electron chi connectivity index (χ3n) is 3.14. The molecule has 16 heavy (non-hydrogen) atoms. The molecule has 0 atom stereocenters. The maximum atomic E-state index is 5.11. The van der Waals surface area contributed by atoms with E-state index in [0.29, 0.717) is 6.61 Å². The number of hydrogen-bond donors (Lipinski definition) is 1. The van der Waals surface area contributed by atoms with Crippen molar-refractivity contribution in [2.75, 3.05) is 25.1 Å². The summed E-state index contributed by atoms with van der Waals surface area (Å²) in [4.78, 5) is 11.5. The third-order valence-corrected chi connectivity index (χ3v) is 3.14. The summed E-state index contributed by atoms with van der Waals surface area (Å²) < 4.78 is 5.11. The zero-order chi connectivity index (χ0) is 11.0. The molecule has 0 radical (unpaired) electrons. The summed E-state index contributed by atoms with van der Waals surface area (Å²) >= 11 is 0. The molecule has 0 bridgehead atoms. The average molecular weight is 220 g/mol. The summed E-state index contributed by atoms with van der Waals surface area (Å²) in [5, 5.41) is 3.33. The van der Waals surface area contributed by atoms with Gasteiger partial charge in [-0.3, -0.25) is 0 Å². The van der Waals surface area contributed by atoms with Crippen molar-refractivity contribution in [1.82, 2.24) is 15.3 Å². The van der Waals surface area contributed by atoms with Crippen LogP contribution in [-0.4, -0.2) is 30.2 Å². The molecule has 5 heteroatoms. The van der Waals surface area contributed by atoms with E-state index in [1.54, 1.807) is 7.11 Å². The Morgan fingerprint density at radius 1 is 1.31 bits per heavy atom. The van der Waals surface area contributed by atoms with Crippen LogP contribution >= 0.6 is 0 Å². The van der Waals surface area contributed by atoms with Gasteiger partial charge < -0.3 is 15.0 Å². The van der Waals surface area contributed by atoms with E-state index >= 15 is 0 Å². The Bertz CT molecular complexity index is 403. The van der Waals surface area contributed by atoms with Gasteiger partial charge in [-0.25, -0.2) is 9.97 Å². The van der Waals surface area contributed by atoms with Gasteiger partial charge in [0.1, 0.15) is 12.4 Å². The van der Waals surface area contributed by atoms with Crippen molar-refractivity contribution in [2.24, 2.45) is 0 Å². The van der Waals surface area contributed by atoms with Crippen LogP contribution in [0.15, 0.2) is 0 Å². The second-order valence-electron chi connectivity index (χ2n) is 4.27. The molecule has 0 aromatic carbocycles. The van der Waals surface area contributed by atoms with Gasteiger partial charge in [-0.1, -0.05) is 0 Å². The van der Waals surface area contributed by atoms with Crippen molar-refractivity contribution in [1.29, 1.82) is 0 Å². The van der Waals surface area contributed by atoms with Crippen molar-refractivity contribution < 1.29 is 4.74 Å². The molecule has 3 rings (SSSR count). The Kier molecular flexibility index (Phi) is 2.49. The van der Waals surface area contributed by atoms with Gasteiger partial charge in [0.25, 0.3) is 0 Å². The number of nitrogens with zero attached hydrogens (tertiary/aromatic N) is 3. The highest BCUT2D eigenvalue weighted by atomic mass is 16.5. The lowest BCUT2D eigenvalue weighted by atomic mass is 10.1. The van der Waals surface area contributed by atoms with Crippen molar-refractivity contribution in [3.8, 4) is 0 Å². The van der Waals surface area contributed by atoms with Gasteiger partial charge in [0, 0.05) is 38.9 Å². The molecule has 2 aliphatic rings. The lowest BCUT2D eigenvalue weighted by Gasteiger charge is -2.33. The number of ether oxygens (including phenoxy) is 1. The topological polar surface area (TPSA) is 50.3 Å². The summed E-state index contributed by atoms with van der Waals surface area (Å²) in [6, 6.07) is 0. The highest BCUT2D eigenvalue weighted by Gasteiger charge is 2.25. The Balaban J connectivity index is 1.99. The fraction of sp³-hybridized carbons (Fsp3) is 0.636. The highest BCUT2D eigenvalue weighted by molar-refractivity contribution is 5.52. The van der Waals surface area contributed by atoms with Crippen LogP contribution in [0.3, 0.4) is 0 Å². The van der Waals surface area contributed by atoms with E-state index in [2.05, 4.69) is 20.2 Å². The lowest BCUT2D eigenvalue weighted by Crippen LogP contribution is -2.38. The zero-order valence-corrected chi connectivity index (χ0v) is 9.49. The van der Waals surface area contributed by atoms with Gasteiger partial charge in [-0.2, -0.15) is 0 Å². The van der Waals surface area contributed by atoms with E-state index in [-0.39, 0.29) is 0 Å². The number of anilines is 1. The Morgan fingerprint density at radius 3 is 2.88 bits per heavy atom. The average Bonchev–Trinajstić information content (AvgIpc) is 2.63. The minimum absolute atomic E-state index is 0.494. The fourth-order valence-electron chi connectivity index (χ4n) is 2.18. The van der Waals surface area contributed by atoms with Crippen LogP contribution < -0.4 is 10.2 Å². The number of nitrogens with one attached hydrogen (secondary N) is 1. The van der Waals surface area contributed by atoms with Crippen LogP contribution in [0, 0.1) is 0 Å². The predicted octanol–water partition coefficient (Wildman–Crippen LogP) is 0.436. The molecule has 1 aromatic heterocycles. The van der Waals surface area contributed by atoms with Crippen LogP contribution in [-0.2, 0) is 24.4 Å². The highest BCUT2D eigenvalue weighted by Crippen LogP contribution is 2.27. The number of fused-ring (bicyclic) bond motifs is 1. The third kappa shape index (κ3) is 1.56. The van der Waals surface area contributed by atoms with E-state index in [1.165, 1.54) is 12.0 Å². The first-order valence-corrected chi connectivity index (χ1v) is 5.72. The summed E-state index contributed by atoms with van der Waals surface area (Å²) in [6.07, 6.45) is 1.27. The Hall–Kier alpha value is -1.20. The molecular weight excluding hydrogens is 204 g/mol. The molecule has 0 aliphatic carbocycles. The molecule has 0 unspecified atom stereocenters. The maximum absolute atomic E-state index is 5.11. The van der Waals surface area contributed by atoms with Crippen molar-refractivity contribution >= 4 is 5.82 Å². The number of hydrogen-bond acceptors (Lipinski definition) is 5. The van der Waals surface area contributed by atoms with Crippen molar-refractivity contribution in [2.45, 2.75) is 26.1 Å². The molecule has 5 nitrogen and oxygen atoms in total. The van der Waals surface area contributed by atoms with Gasteiger partial charge in [0.05, 0.1) is 5.69 Å². The van der Waals surface area contributed by atoms with Crippen molar-refractivity contribution in [3.05, 3.63) is 17.1 Å². The smallest absolute Gasteiger partial charge is 0.156 e. The second kappa shape index (κ2) is 3.99. The van der Waals surface area contributed by atoms with Gasteiger partial charge in [-0.05, 0) is 6.42 Å². The van der Waals surface area contributed by atoms with E-state index < -0.39 is 0 Å². The quantitative estimate of drug-likeness (QED) is 0.801. The van der Waals surface area contributed by atoms with Crippen LogP contribution in [0.4, 0.5) is 5.82 Å². The molecule has 3 heterocycles. The first-order valence-electron chi connectivity index (χ1n) is 5.72. The second-order valence-corrected chi connectivity index (χ2v) is 4.27. The summed E-state index contributed by atoms with van der Waals surface area (Å²) in [6.45, 7) is 4.49. The van der Waals surface area contributed by atoms with Crippen LogP contribution in [0.5, 0.6) is 0 Å². The first-order chi connectivity index (χ1) is 7.88. The molecule has 2 aliphatic heterocycles. The number of methoxy groups -OCH3 is 1. The van der Waals surface area contributed by atoms with Crippen LogP contribution in [0.25, 0.3) is 0 Å². The standard InChI is InChI=1S/C11H16N4O/c1-16-7-10-13-9-6-12-5-8(9)11(14-10)15-3-2-4-15/h12H,2-7H2,1H3. The van der Waals surface area contributed by atoms with Gasteiger partial charge in [0.15, 0.2) is 5.82 Å². The molecule has 86 valence electrons. The predicted molar refractivity (Wildman–Crippen MR) is 60.1 cm³/mol. The largest absolute Gasteiger partial charge is 0.377 e. The number of rotatable bonds is 3. The van der Waals surface area contributed by atoms with E-state index in [1.807, 2.05) is 0 Å². The Labute approximate surface area is 94.8 Å². The van der Waals surface area contributed by atoms with E-state index in [9.17, 15) is 0 Å². The minimum Gasteiger partial charge on any atom is -0.377 e. The monoisotopic (exact) mass is 220 g/mol. The summed E-state index contributed by atoms with van der Waals surface area (Å²) in [5.41, 5.74) is 2.42. The first kappa shape index (κ1) is 9.99. The van der Waals surface area contributed by atoms with Gasteiger partial charge >= 0.3 is 0 Å². The summed E-state index contributed by atoms with van der Waals surface area (Å²) in [5.74, 6) is 1.92. The maximum Gasteiger partial charge on any atom is 0.156 e. The van der Waals surface area contributed by atoms with E-state index in [4.69, 9.17) is 4.74 Å². The van der Waals surface area contributed by atoms with Crippen LogP contribution in [0.1, 0.15) is 23.5 Å². The molecule has 1 N–H and O–H groups in total. The molecule has 0 spiro atoms. The minimum atomic E-state index is 0.494. The molecule has 1 fully saturated rings. The van der Waals surface area contributed by atoms with Gasteiger partial charge in [-0.15, -0.1) is 0 Å². The zero-order valence-electron chi connectivity index (χ0n) is 9.49. The molecule has 0 saturated carbocycles. The summed E-state index contributed by atoms with van der Waals surface area (Å²) in [7, 11) is 1.68. The van der Waals surface area contributed by atoms with Crippen molar-refractivity contribution in [3.63, 3.8) is 0 Å². The molecule has 0 amide bonds. The fourth-order valence-corrected chi connectivity index (χ4v) is 2.18. The number of aromatic nitrogens is 2. The van der Waals surface area contributed by atoms with E-state index in [0.717, 1.165) is 43.5 Å². The SMILES string of the molecule is COCc1nc2c(c(N3CCC3)n1)CNC2. The molecule has 1 saturated heterocycles. The normalized spacial score (nSPS) is 18.4.